The molecule has 0 bridgehead atoms. The van der Waals surface area contributed by atoms with Crippen molar-refractivity contribution in [3.8, 4) is 0 Å². The molecule has 2 aromatic carbocycles. The van der Waals surface area contributed by atoms with Gasteiger partial charge in [-0.25, -0.2) is 4.79 Å². The highest BCUT2D eigenvalue weighted by molar-refractivity contribution is 7.80. The molecule has 0 unspecified atom stereocenters. The Morgan fingerprint density at radius 1 is 1.19 bits per heavy atom. The fourth-order valence-electron chi connectivity index (χ4n) is 2.69. The van der Waals surface area contributed by atoms with Gasteiger partial charge < -0.3 is 10.1 Å². The van der Waals surface area contributed by atoms with E-state index in [1.807, 2.05) is 12.1 Å². The Bertz CT molecular complexity index is 918. The average Bonchev–Trinajstić information content (AvgIpc) is 3.00. The summed E-state index contributed by atoms with van der Waals surface area (Å²) in [5.41, 5.74) is 4.23. The van der Waals surface area contributed by atoms with Crippen LogP contribution in [-0.2, 0) is 16.1 Å². The number of carbonyl (C=O) groups is 2. The van der Waals surface area contributed by atoms with Gasteiger partial charge in [0.1, 0.15) is 6.61 Å². The van der Waals surface area contributed by atoms with E-state index in [2.05, 4.69) is 36.6 Å². The SMILES string of the molecule is CC(C)c1ccc(C=CC(=O)NC(=S)Nc2ccc3c(c2)COC3=O)cc1. The van der Waals surface area contributed by atoms with Crippen LogP contribution in [0.2, 0.25) is 0 Å². The van der Waals surface area contributed by atoms with Crippen molar-refractivity contribution in [3.05, 3.63) is 70.8 Å². The maximum absolute atomic E-state index is 12.0. The van der Waals surface area contributed by atoms with Gasteiger partial charge in [0.15, 0.2) is 5.11 Å². The lowest BCUT2D eigenvalue weighted by Gasteiger charge is -2.09. The van der Waals surface area contributed by atoms with E-state index in [-0.39, 0.29) is 23.6 Å². The first-order valence-electron chi connectivity index (χ1n) is 8.62. The molecule has 1 heterocycles. The van der Waals surface area contributed by atoms with Crippen molar-refractivity contribution in [2.24, 2.45) is 0 Å². The first kappa shape index (κ1) is 18.8. The maximum Gasteiger partial charge on any atom is 0.338 e. The van der Waals surface area contributed by atoms with Gasteiger partial charge in [0.25, 0.3) is 0 Å². The van der Waals surface area contributed by atoms with Crippen molar-refractivity contribution < 1.29 is 14.3 Å². The number of nitrogens with one attached hydrogen (secondary N) is 2. The van der Waals surface area contributed by atoms with Crippen LogP contribution < -0.4 is 10.6 Å². The largest absolute Gasteiger partial charge is 0.457 e. The molecule has 27 heavy (non-hydrogen) atoms. The van der Waals surface area contributed by atoms with Gasteiger partial charge in [0.05, 0.1) is 5.56 Å². The number of anilines is 1. The number of amides is 1. The molecular formula is C21H20N2O3S. The monoisotopic (exact) mass is 380 g/mol. The number of hydrogen-bond acceptors (Lipinski definition) is 4. The summed E-state index contributed by atoms with van der Waals surface area (Å²) in [6.07, 6.45) is 3.17. The van der Waals surface area contributed by atoms with Gasteiger partial charge in [-0.15, -0.1) is 0 Å². The minimum Gasteiger partial charge on any atom is -0.457 e. The second kappa shape index (κ2) is 8.14. The van der Waals surface area contributed by atoms with Crippen molar-refractivity contribution in [2.75, 3.05) is 5.32 Å². The topological polar surface area (TPSA) is 67.4 Å². The minimum absolute atomic E-state index is 0.185. The lowest BCUT2D eigenvalue weighted by molar-refractivity contribution is -0.115. The zero-order valence-corrected chi connectivity index (χ0v) is 15.9. The molecule has 0 spiro atoms. The maximum atomic E-state index is 12.0. The van der Waals surface area contributed by atoms with E-state index >= 15 is 0 Å². The molecule has 3 rings (SSSR count). The first-order valence-corrected chi connectivity index (χ1v) is 9.03. The highest BCUT2D eigenvalue weighted by Gasteiger charge is 2.21. The van der Waals surface area contributed by atoms with Crippen molar-refractivity contribution in [3.63, 3.8) is 0 Å². The number of cyclic esters (lactones) is 1. The van der Waals surface area contributed by atoms with E-state index in [0.29, 0.717) is 17.2 Å². The number of rotatable bonds is 4. The van der Waals surface area contributed by atoms with Gasteiger partial charge in [0, 0.05) is 17.3 Å². The zero-order valence-electron chi connectivity index (χ0n) is 15.1. The molecule has 2 aromatic rings. The predicted octanol–water partition coefficient (Wildman–Crippen LogP) is 4.01. The predicted molar refractivity (Wildman–Crippen MR) is 109 cm³/mol. The Morgan fingerprint density at radius 2 is 1.93 bits per heavy atom. The van der Waals surface area contributed by atoms with E-state index in [9.17, 15) is 9.59 Å². The van der Waals surface area contributed by atoms with Crippen LogP contribution in [-0.4, -0.2) is 17.0 Å². The lowest BCUT2D eigenvalue weighted by atomic mass is 10.0. The van der Waals surface area contributed by atoms with E-state index in [4.69, 9.17) is 17.0 Å². The fraction of sp³-hybridized carbons (Fsp3) is 0.190. The van der Waals surface area contributed by atoms with Crippen LogP contribution in [0.5, 0.6) is 0 Å². The molecular weight excluding hydrogens is 360 g/mol. The minimum atomic E-state index is -0.320. The number of benzene rings is 2. The summed E-state index contributed by atoms with van der Waals surface area (Å²) in [4.78, 5) is 23.5. The smallest absolute Gasteiger partial charge is 0.338 e. The molecule has 1 aliphatic heterocycles. The third kappa shape index (κ3) is 4.80. The van der Waals surface area contributed by atoms with Crippen LogP contribution in [0.1, 0.15) is 46.8 Å². The molecule has 5 nitrogen and oxygen atoms in total. The van der Waals surface area contributed by atoms with Crippen LogP contribution in [0.4, 0.5) is 5.69 Å². The molecule has 2 N–H and O–H groups in total. The summed E-state index contributed by atoms with van der Waals surface area (Å²) in [6, 6.07) is 13.2. The van der Waals surface area contributed by atoms with Crippen LogP contribution in [0, 0.1) is 0 Å². The van der Waals surface area contributed by atoms with Gasteiger partial charge >= 0.3 is 5.97 Å². The van der Waals surface area contributed by atoms with Gasteiger partial charge in [-0.05, 0) is 53.5 Å². The van der Waals surface area contributed by atoms with E-state index < -0.39 is 0 Å². The fourth-order valence-corrected chi connectivity index (χ4v) is 2.91. The Hall–Kier alpha value is -2.99. The molecule has 1 amide bonds. The second-order valence-electron chi connectivity index (χ2n) is 6.55. The van der Waals surface area contributed by atoms with Crippen LogP contribution in [0.15, 0.2) is 48.5 Å². The molecule has 138 valence electrons. The molecule has 0 aliphatic carbocycles. The molecule has 0 fully saturated rings. The van der Waals surface area contributed by atoms with Gasteiger partial charge in [-0.2, -0.15) is 0 Å². The number of thiocarbonyl (C=S) groups is 1. The van der Waals surface area contributed by atoms with Crippen LogP contribution >= 0.6 is 12.2 Å². The van der Waals surface area contributed by atoms with Gasteiger partial charge in [-0.1, -0.05) is 38.1 Å². The highest BCUT2D eigenvalue weighted by Crippen LogP contribution is 2.23. The molecule has 6 heteroatoms. The lowest BCUT2D eigenvalue weighted by Crippen LogP contribution is -2.32. The summed E-state index contributed by atoms with van der Waals surface area (Å²) in [5.74, 6) is -0.169. The normalized spacial score (nSPS) is 12.8. The van der Waals surface area contributed by atoms with Gasteiger partial charge in [-0.3, -0.25) is 10.1 Å². The Balaban J connectivity index is 1.54. The van der Waals surface area contributed by atoms with E-state index in [0.717, 1.165) is 11.1 Å². The Morgan fingerprint density at radius 3 is 2.63 bits per heavy atom. The highest BCUT2D eigenvalue weighted by atomic mass is 32.1. The number of esters is 1. The van der Waals surface area contributed by atoms with Crippen molar-refractivity contribution >= 4 is 41.0 Å². The van der Waals surface area contributed by atoms with Crippen LogP contribution in [0.3, 0.4) is 0 Å². The zero-order chi connectivity index (χ0) is 19.4. The Kier molecular flexibility index (Phi) is 5.66. The summed E-state index contributed by atoms with van der Waals surface area (Å²) < 4.78 is 4.96. The third-order valence-corrected chi connectivity index (χ3v) is 4.41. The van der Waals surface area contributed by atoms with Gasteiger partial charge in [0.2, 0.25) is 5.91 Å². The standard InChI is InChI=1S/C21H20N2O3S/c1-13(2)15-6-3-14(4-7-15)5-10-19(24)23-21(27)22-17-8-9-18-16(11-17)12-26-20(18)25/h3-11,13H,12H2,1-2H3,(H2,22,23,24,27). The third-order valence-electron chi connectivity index (χ3n) is 4.21. The molecule has 0 saturated heterocycles. The second-order valence-corrected chi connectivity index (χ2v) is 6.95. The summed E-state index contributed by atoms with van der Waals surface area (Å²) in [6.45, 7) is 4.53. The van der Waals surface area contributed by atoms with E-state index in [1.54, 1.807) is 24.3 Å². The molecule has 1 aliphatic rings. The molecule has 0 radical (unpaired) electrons. The van der Waals surface area contributed by atoms with Crippen LogP contribution in [0.25, 0.3) is 6.08 Å². The first-order chi connectivity index (χ1) is 12.9. The quantitative estimate of drug-likeness (QED) is 0.477. The number of ether oxygens (including phenoxy) is 1. The number of carbonyl (C=O) groups excluding carboxylic acids is 2. The van der Waals surface area contributed by atoms with Crippen molar-refractivity contribution in [1.82, 2.24) is 5.32 Å². The molecule has 0 aromatic heterocycles. The molecule has 0 saturated carbocycles. The van der Waals surface area contributed by atoms with Crippen molar-refractivity contribution in [2.45, 2.75) is 26.4 Å². The molecule has 0 atom stereocenters. The summed E-state index contributed by atoms with van der Waals surface area (Å²) in [5, 5.41) is 5.72. The average molecular weight is 380 g/mol. The Labute approximate surface area is 163 Å². The van der Waals surface area contributed by atoms with E-state index in [1.165, 1.54) is 11.6 Å². The summed E-state index contributed by atoms with van der Waals surface area (Å²) >= 11 is 5.16. The number of hydrogen-bond donors (Lipinski definition) is 2. The number of fused-ring (bicyclic) bond motifs is 1. The summed E-state index contributed by atoms with van der Waals surface area (Å²) in [7, 11) is 0. The van der Waals surface area contributed by atoms with Crippen molar-refractivity contribution in [1.29, 1.82) is 0 Å².